The molecule has 1 heterocycles. The highest BCUT2D eigenvalue weighted by molar-refractivity contribution is 6.17. The number of rotatable bonds is 3. The summed E-state index contributed by atoms with van der Waals surface area (Å²) in [6.45, 7) is 1.81. The van der Waals surface area contributed by atoms with E-state index in [1.165, 1.54) is 12.8 Å². The van der Waals surface area contributed by atoms with Gasteiger partial charge in [-0.25, -0.2) is 0 Å². The van der Waals surface area contributed by atoms with E-state index < -0.39 is 0 Å². The Kier molecular flexibility index (Phi) is 4.42. The molecule has 4 nitrogen and oxygen atoms in total. The van der Waals surface area contributed by atoms with E-state index in [0.717, 1.165) is 37.2 Å². The summed E-state index contributed by atoms with van der Waals surface area (Å²) in [6.07, 6.45) is 4.64. The number of nitrogens with zero attached hydrogens (tertiary/aromatic N) is 2. The Morgan fingerprint density at radius 3 is 2.44 bits per heavy atom. The second-order valence-electron chi connectivity index (χ2n) is 4.62. The van der Waals surface area contributed by atoms with Gasteiger partial charge in [-0.05, 0) is 24.5 Å². The van der Waals surface area contributed by atoms with Gasteiger partial charge in [0.25, 0.3) is 5.69 Å². The van der Waals surface area contributed by atoms with Crippen LogP contribution in [0.2, 0.25) is 0 Å². The summed E-state index contributed by atoms with van der Waals surface area (Å²) in [5.74, 6) is 0.307. The third-order valence-corrected chi connectivity index (χ3v) is 3.65. The van der Waals surface area contributed by atoms with Crippen LogP contribution in [0.15, 0.2) is 18.2 Å². The first kappa shape index (κ1) is 13.1. The number of halogens is 1. The molecule has 0 atom stereocenters. The van der Waals surface area contributed by atoms with Crippen molar-refractivity contribution in [2.75, 3.05) is 18.0 Å². The van der Waals surface area contributed by atoms with Crippen molar-refractivity contribution in [3.05, 3.63) is 33.9 Å². The van der Waals surface area contributed by atoms with E-state index in [1.54, 1.807) is 6.07 Å². The number of alkyl halides is 1. The smallest absolute Gasteiger partial charge is 0.292 e. The van der Waals surface area contributed by atoms with Crippen molar-refractivity contribution in [2.45, 2.75) is 31.6 Å². The van der Waals surface area contributed by atoms with Gasteiger partial charge in [-0.1, -0.05) is 18.9 Å². The number of hydrogen-bond acceptors (Lipinski definition) is 3. The molecule has 0 unspecified atom stereocenters. The molecule has 1 saturated heterocycles. The molecule has 1 aromatic carbocycles. The van der Waals surface area contributed by atoms with Crippen LogP contribution in [-0.4, -0.2) is 18.0 Å². The molecule has 0 spiro atoms. The lowest BCUT2D eigenvalue weighted by Gasteiger charge is -2.22. The van der Waals surface area contributed by atoms with Crippen molar-refractivity contribution in [3.63, 3.8) is 0 Å². The third kappa shape index (κ3) is 2.93. The Morgan fingerprint density at radius 2 is 1.89 bits per heavy atom. The van der Waals surface area contributed by atoms with Crippen molar-refractivity contribution in [2.24, 2.45) is 0 Å². The van der Waals surface area contributed by atoms with Gasteiger partial charge in [0.2, 0.25) is 0 Å². The van der Waals surface area contributed by atoms with Crippen molar-refractivity contribution in [1.82, 2.24) is 0 Å². The van der Waals surface area contributed by atoms with E-state index >= 15 is 0 Å². The molecule has 5 heteroatoms. The predicted octanol–water partition coefficient (Wildman–Crippen LogP) is 3.71. The minimum atomic E-state index is -0.309. The molecule has 0 aromatic heterocycles. The molecule has 1 aromatic rings. The van der Waals surface area contributed by atoms with E-state index in [-0.39, 0.29) is 10.6 Å². The summed E-state index contributed by atoms with van der Waals surface area (Å²) >= 11 is 5.73. The molecular weight excluding hydrogens is 252 g/mol. The highest BCUT2D eigenvalue weighted by Crippen LogP contribution is 2.31. The average molecular weight is 269 g/mol. The maximum absolute atomic E-state index is 11.2. The number of nitro benzene ring substituents is 1. The van der Waals surface area contributed by atoms with Gasteiger partial charge in [0, 0.05) is 25.0 Å². The normalized spacial score (nSPS) is 16.4. The summed E-state index contributed by atoms with van der Waals surface area (Å²) in [7, 11) is 0. The van der Waals surface area contributed by atoms with Crippen LogP contribution >= 0.6 is 11.6 Å². The molecule has 2 rings (SSSR count). The van der Waals surface area contributed by atoms with Crippen molar-refractivity contribution in [3.8, 4) is 0 Å². The van der Waals surface area contributed by atoms with Crippen LogP contribution < -0.4 is 4.90 Å². The van der Waals surface area contributed by atoms with Crippen LogP contribution in [0.5, 0.6) is 0 Å². The fraction of sp³-hybridized carbons (Fsp3) is 0.538. The van der Waals surface area contributed by atoms with Gasteiger partial charge in [-0.2, -0.15) is 0 Å². The zero-order chi connectivity index (χ0) is 13.0. The number of hydrogen-bond donors (Lipinski definition) is 0. The SMILES string of the molecule is O=[N+]([O-])c1cc(CCl)ccc1N1CCCCCC1. The zero-order valence-corrected chi connectivity index (χ0v) is 11.0. The molecule has 98 valence electrons. The Hall–Kier alpha value is -1.29. The first-order chi connectivity index (χ1) is 8.72. The summed E-state index contributed by atoms with van der Waals surface area (Å²) < 4.78 is 0. The van der Waals surface area contributed by atoms with Gasteiger partial charge in [0.15, 0.2) is 0 Å². The van der Waals surface area contributed by atoms with Crippen molar-refractivity contribution < 1.29 is 4.92 Å². The fourth-order valence-electron chi connectivity index (χ4n) is 2.38. The topological polar surface area (TPSA) is 46.4 Å². The molecule has 1 aliphatic heterocycles. The largest absolute Gasteiger partial charge is 0.366 e. The van der Waals surface area contributed by atoms with E-state index in [9.17, 15) is 10.1 Å². The second-order valence-corrected chi connectivity index (χ2v) is 4.88. The molecule has 0 bridgehead atoms. The summed E-state index contributed by atoms with van der Waals surface area (Å²) in [5, 5.41) is 11.2. The van der Waals surface area contributed by atoms with Crippen LogP contribution in [-0.2, 0) is 5.88 Å². The van der Waals surface area contributed by atoms with Crippen LogP contribution in [0.1, 0.15) is 31.2 Å². The van der Waals surface area contributed by atoms with Crippen LogP contribution in [0.25, 0.3) is 0 Å². The average Bonchev–Trinajstić information content (AvgIpc) is 2.66. The van der Waals surface area contributed by atoms with Gasteiger partial charge in [0.05, 0.1) is 4.92 Å². The Balaban J connectivity index is 2.32. The lowest BCUT2D eigenvalue weighted by atomic mass is 10.1. The molecule has 0 aliphatic carbocycles. The number of anilines is 1. The molecular formula is C13H17ClN2O2. The lowest BCUT2D eigenvalue weighted by molar-refractivity contribution is -0.384. The standard InChI is InChI=1S/C13H17ClN2O2/c14-10-11-5-6-12(13(9-11)16(17)18)15-7-3-1-2-4-8-15/h5-6,9H,1-4,7-8,10H2. The van der Waals surface area contributed by atoms with Gasteiger partial charge < -0.3 is 4.90 Å². The van der Waals surface area contributed by atoms with E-state index in [0.29, 0.717) is 5.88 Å². The van der Waals surface area contributed by atoms with Crippen LogP contribution in [0.4, 0.5) is 11.4 Å². The van der Waals surface area contributed by atoms with Crippen molar-refractivity contribution in [1.29, 1.82) is 0 Å². The highest BCUT2D eigenvalue weighted by atomic mass is 35.5. The zero-order valence-electron chi connectivity index (χ0n) is 10.3. The minimum Gasteiger partial charge on any atom is -0.366 e. The monoisotopic (exact) mass is 268 g/mol. The molecule has 1 aliphatic rings. The van der Waals surface area contributed by atoms with E-state index in [2.05, 4.69) is 4.90 Å². The molecule has 1 fully saturated rings. The number of nitro groups is 1. The minimum absolute atomic E-state index is 0.176. The number of benzene rings is 1. The Morgan fingerprint density at radius 1 is 1.22 bits per heavy atom. The second kappa shape index (κ2) is 6.05. The maximum atomic E-state index is 11.2. The third-order valence-electron chi connectivity index (χ3n) is 3.34. The highest BCUT2D eigenvalue weighted by Gasteiger charge is 2.20. The molecule has 0 radical (unpaired) electrons. The quantitative estimate of drug-likeness (QED) is 0.477. The first-order valence-corrected chi connectivity index (χ1v) is 6.84. The summed E-state index contributed by atoms with van der Waals surface area (Å²) in [6, 6.07) is 5.30. The molecule has 18 heavy (non-hydrogen) atoms. The maximum Gasteiger partial charge on any atom is 0.292 e. The van der Waals surface area contributed by atoms with Crippen LogP contribution in [0.3, 0.4) is 0 Å². The fourth-order valence-corrected chi connectivity index (χ4v) is 2.54. The molecule has 0 amide bonds. The summed E-state index contributed by atoms with van der Waals surface area (Å²) in [5.41, 5.74) is 1.70. The van der Waals surface area contributed by atoms with Gasteiger partial charge in [-0.3, -0.25) is 10.1 Å². The van der Waals surface area contributed by atoms with E-state index in [1.807, 2.05) is 12.1 Å². The molecule has 0 saturated carbocycles. The predicted molar refractivity (Wildman–Crippen MR) is 73.3 cm³/mol. The van der Waals surface area contributed by atoms with E-state index in [4.69, 9.17) is 11.6 Å². The van der Waals surface area contributed by atoms with Gasteiger partial charge in [0.1, 0.15) is 5.69 Å². The first-order valence-electron chi connectivity index (χ1n) is 6.30. The van der Waals surface area contributed by atoms with Gasteiger partial charge in [-0.15, -0.1) is 11.6 Å². The Bertz CT molecular complexity index is 429. The Labute approximate surface area is 112 Å². The molecule has 0 N–H and O–H groups in total. The van der Waals surface area contributed by atoms with Crippen molar-refractivity contribution >= 4 is 23.0 Å². The lowest BCUT2D eigenvalue weighted by Crippen LogP contribution is -2.24. The summed E-state index contributed by atoms with van der Waals surface area (Å²) in [4.78, 5) is 13.0. The van der Waals surface area contributed by atoms with Gasteiger partial charge >= 0.3 is 0 Å². The van der Waals surface area contributed by atoms with Crippen LogP contribution in [0, 0.1) is 10.1 Å².